The number of anilines is 1. The average molecular weight is 284 g/mol. The number of carbonyl (C=O) groups is 1. The van der Waals surface area contributed by atoms with E-state index < -0.39 is 11.8 Å². The molecular weight excluding hydrogens is 273 g/mol. The number of nitrogens with zero attached hydrogens (tertiary/aromatic N) is 2. The standard InChI is InChI=1S/C12H11ClFN3O2/c1-6-16-10(12(18)19-2)11(15)17(6)9-4-7(13)3-8(14)5-9/h3-5H,15H2,1-2H3. The third-order valence-corrected chi connectivity index (χ3v) is 2.78. The first-order chi connectivity index (χ1) is 8.93. The van der Waals surface area contributed by atoms with Crippen molar-refractivity contribution in [1.29, 1.82) is 0 Å². The smallest absolute Gasteiger partial charge is 0.360 e. The van der Waals surface area contributed by atoms with Gasteiger partial charge in [0, 0.05) is 5.02 Å². The number of hydrogen-bond donors (Lipinski definition) is 1. The van der Waals surface area contributed by atoms with Gasteiger partial charge in [0.05, 0.1) is 12.8 Å². The van der Waals surface area contributed by atoms with Crippen LogP contribution in [0, 0.1) is 12.7 Å². The van der Waals surface area contributed by atoms with Gasteiger partial charge in [-0.25, -0.2) is 14.2 Å². The summed E-state index contributed by atoms with van der Waals surface area (Å²) in [5.41, 5.74) is 6.22. The van der Waals surface area contributed by atoms with Crippen LogP contribution in [-0.4, -0.2) is 22.6 Å². The largest absolute Gasteiger partial charge is 0.464 e. The molecule has 0 radical (unpaired) electrons. The number of nitrogen functional groups attached to an aromatic ring is 1. The van der Waals surface area contributed by atoms with Crippen LogP contribution in [0.1, 0.15) is 16.3 Å². The molecule has 0 atom stereocenters. The van der Waals surface area contributed by atoms with E-state index in [1.54, 1.807) is 6.92 Å². The Morgan fingerprint density at radius 1 is 1.47 bits per heavy atom. The van der Waals surface area contributed by atoms with E-state index in [-0.39, 0.29) is 16.5 Å². The number of imidazole rings is 1. The summed E-state index contributed by atoms with van der Waals surface area (Å²) in [5.74, 6) is -0.651. The minimum atomic E-state index is -0.651. The first-order valence-corrected chi connectivity index (χ1v) is 5.71. The van der Waals surface area contributed by atoms with Crippen molar-refractivity contribution in [2.24, 2.45) is 0 Å². The lowest BCUT2D eigenvalue weighted by Gasteiger charge is -2.08. The van der Waals surface area contributed by atoms with Crippen molar-refractivity contribution in [3.05, 3.63) is 40.6 Å². The van der Waals surface area contributed by atoms with E-state index in [0.29, 0.717) is 11.5 Å². The van der Waals surface area contributed by atoms with E-state index in [4.69, 9.17) is 17.3 Å². The maximum Gasteiger partial charge on any atom is 0.360 e. The van der Waals surface area contributed by atoms with Gasteiger partial charge in [-0.05, 0) is 25.1 Å². The Morgan fingerprint density at radius 2 is 2.16 bits per heavy atom. The zero-order chi connectivity index (χ0) is 14.2. The number of benzene rings is 1. The number of aryl methyl sites for hydroxylation is 1. The summed E-state index contributed by atoms with van der Waals surface area (Å²) in [6, 6.07) is 3.95. The lowest BCUT2D eigenvalue weighted by atomic mass is 10.3. The molecule has 19 heavy (non-hydrogen) atoms. The van der Waals surface area contributed by atoms with E-state index in [0.717, 1.165) is 0 Å². The van der Waals surface area contributed by atoms with Crippen molar-refractivity contribution in [2.75, 3.05) is 12.8 Å². The first-order valence-electron chi connectivity index (χ1n) is 5.33. The summed E-state index contributed by atoms with van der Waals surface area (Å²) in [5, 5.41) is 0.224. The summed E-state index contributed by atoms with van der Waals surface area (Å²) >= 11 is 5.80. The summed E-state index contributed by atoms with van der Waals surface area (Å²) in [6.45, 7) is 1.64. The van der Waals surface area contributed by atoms with Gasteiger partial charge in [0.15, 0.2) is 5.69 Å². The second kappa shape index (κ2) is 4.89. The topological polar surface area (TPSA) is 70.1 Å². The molecule has 0 bridgehead atoms. The molecule has 0 saturated carbocycles. The minimum Gasteiger partial charge on any atom is -0.464 e. The highest BCUT2D eigenvalue weighted by atomic mass is 35.5. The molecule has 100 valence electrons. The van der Waals surface area contributed by atoms with Gasteiger partial charge < -0.3 is 10.5 Å². The first kappa shape index (κ1) is 13.4. The van der Waals surface area contributed by atoms with Crippen molar-refractivity contribution in [3.63, 3.8) is 0 Å². The SMILES string of the molecule is COC(=O)c1nc(C)n(-c2cc(F)cc(Cl)c2)c1N. The fourth-order valence-corrected chi connectivity index (χ4v) is 2.01. The van der Waals surface area contributed by atoms with Crippen molar-refractivity contribution < 1.29 is 13.9 Å². The predicted molar refractivity (Wildman–Crippen MR) is 69.0 cm³/mol. The number of methoxy groups -OCH3 is 1. The summed E-state index contributed by atoms with van der Waals surface area (Å²) in [6.07, 6.45) is 0. The molecule has 7 heteroatoms. The fourth-order valence-electron chi connectivity index (χ4n) is 1.79. The van der Waals surface area contributed by atoms with E-state index in [1.807, 2.05) is 0 Å². The van der Waals surface area contributed by atoms with Crippen molar-refractivity contribution >= 4 is 23.4 Å². The highest BCUT2D eigenvalue weighted by Gasteiger charge is 2.20. The van der Waals surface area contributed by atoms with Crippen LogP contribution >= 0.6 is 11.6 Å². The molecule has 1 heterocycles. The van der Waals surface area contributed by atoms with E-state index in [9.17, 15) is 9.18 Å². The van der Waals surface area contributed by atoms with E-state index in [1.165, 1.54) is 29.9 Å². The molecule has 0 aliphatic heterocycles. The fraction of sp³-hybridized carbons (Fsp3) is 0.167. The molecule has 2 N–H and O–H groups in total. The summed E-state index contributed by atoms with van der Waals surface area (Å²) in [7, 11) is 1.23. The molecule has 1 aromatic heterocycles. The molecule has 0 saturated heterocycles. The van der Waals surface area contributed by atoms with Gasteiger partial charge >= 0.3 is 5.97 Å². The molecule has 2 rings (SSSR count). The summed E-state index contributed by atoms with van der Waals surface area (Å²) in [4.78, 5) is 15.5. The van der Waals surface area contributed by atoms with Crippen LogP contribution in [0.5, 0.6) is 0 Å². The molecule has 2 aromatic rings. The van der Waals surface area contributed by atoms with Gasteiger partial charge in [0.1, 0.15) is 17.5 Å². The molecule has 0 unspecified atom stereocenters. The molecule has 0 fully saturated rings. The molecule has 0 spiro atoms. The average Bonchev–Trinajstić information content (AvgIpc) is 2.62. The van der Waals surface area contributed by atoms with Crippen LogP contribution in [0.3, 0.4) is 0 Å². The number of nitrogens with two attached hydrogens (primary N) is 1. The Kier molecular flexibility index (Phi) is 3.44. The van der Waals surface area contributed by atoms with Crippen LogP contribution in [-0.2, 0) is 4.74 Å². The Labute approximate surface area is 113 Å². The van der Waals surface area contributed by atoms with E-state index >= 15 is 0 Å². The van der Waals surface area contributed by atoms with Crippen molar-refractivity contribution in [2.45, 2.75) is 6.92 Å². The monoisotopic (exact) mass is 283 g/mol. The molecule has 0 aliphatic carbocycles. The predicted octanol–water partition coefficient (Wildman–Crippen LogP) is 2.34. The highest BCUT2D eigenvalue weighted by Crippen LogP contribution is 2.24. The molecular formula is C12H11ClFN3O2. The van der Waals surface area contributed by atoms with Crippen molar-refractivity contribution in [3.8, 4) is 5.69 Å². The number of halogens is 2. The second-order valence-corrected chi connectivity index (χ2v) is 4.28. The second-order valence-electron chi connectivity index (χ2n) is 3.85. The molecule has 5 nitrogen and oxygen atoms in total. The summed E-state index contributed by atoms with van der Waals surface area (Å²) < 4.78 is 19.4. The number of aromatic nitrogens is 2. The van der Waals surface area contributed by atoms with Crippen molar-refractivity contribution in [1.82, 2.24) is 9.55 Å². The van der Waals surface area contributed by atoms with E-state index in [2.05, 4.69) is 9.72 Å². The minimum absolute atomic E-state index is 0.0135. The Bertz CT molecular complexity index is 634. The van der Waals surface area contributed by atoms with Gasteiger partial charge in [0.2, 0.25) is 0 Å². The number of rotatable bonds is 2. The number of ether oxygens (including phenoxy) is 1. The van der Waals surface area contributed by atoms with Gasteiger partial charge in [-0.2, -0.15) is 0 Å². The molecule has 0 amide bonds. The van der Waals surface area contributed by atoms with Gasteiger partial charge in [-0.3, -0.25) is 4.57 Å². The van der Waals surface area contributed by atoms with Gasteiger partial charge in [-0.15, -0.1) is 0 Å². The zero-order valence-corrected chi connectivity index (χ0v) is 11.0. The van der Waals surface area contributed by atoms with Gasteiger partial charge in [-0.1, -0.05) is 11.6 Å². The Hall–Kier alpha value is -2.08. The number of esters is 1. The normalized spacial score (nSPS) is 10.5. The van der Waals surface area contributed by atoms with Crippen LogP contribution < -0.4 is 5.73 Å². The highest BCUT2D eigenvalue weighted by molar-refractivity contribution is 6.30. The zero-order valence-electron chi connectivity index (χ0n) is 10.3. The van der Waals surface area contributed by atoms with Crippen LogP contribution in [0.2, 0.25) is 5.02 Å². The van der Waals surface area contributed by atoms with Gasteiger partial charge in [0.25, 0.3) is 0 Å². The maximum absolute atomic E-state index is 13.4. The van der Waals surface area contributed by atoms with Crippen LogP contribution in [0.15, 0.2) is 18.2 Å². The number of carbonyl (C=O) groups excluding carboxylic acids is 1. The number of hydrogen-bond acceptors (Lipinski definition) is 4. The maximum atomic E-state index is 13.4. The third-order valence-electron chi connectivity index (χ3n) is 2.56. The third kappa shape index (κ3) is 2.39. The Balaban J connectivity index is 2.62. The molecule has 1 aromatic carbocycles. The van der Waals surface area contributed by atoms with Crippen LogP contribution in [0.25, 0.3) is 5.69 Å². The lowest BCUT2D eigenvalue weighted by molar-refractivity contribution is 0.0596. The van der Waals surface area contributed by atoms with Crippen LogP contribution in [0.4, 0.5) is 10.2 Å². The molecule has 0 aliphatic rings. The lowest BCUT2D eigenvalue weighted by Crippen LogP contribution is -2.08. The Morgan fingerprint density at radius 3 is 2.74 bits per heavy atom. The quantitative estimate of drug-likeness (QED) is 0.859.